The van der Waals surface area contributed by atoms with Crippen molar-refractivity contribution in [2.75, 3.05) is 40.9 Å². The predicted molar refractivity (Wildman–Crippen MR) is 206 cm³/mol. The zero-order valence-corrected chi connectivity index (χ0v) is 33.0. The third-order valence-electron chi connectivity index (χ3n) is 10.0. The molecule has 1 aliphatic heterocycles. The highest BCUT2D eigenvalue weighted by molar-refractivity contribution is 5.95. The van der Waals surface area contributed by atoms with E-state index in [1.807, 2.05) is 77.9 Å². The Labute approximate surface area is 317 Å². The van der Waals surface area contributed by atoms with Crippen LogP contribution in [-0.4, -0.2) is 94.4 Å². The van der Waals surface area contributed by atoms with E-state index in [1.165, 1.54) is 0 Å². The fourth-order valence-corrected chi connectivity index (χ4v) is 7.45. The van der Waals surface area contributed by atoms with Gasteiger partial charge >= 0.3 is 0 Å². The monoisotopic (exact) mass is 745 g/mol. The van der Waals surface area contributed by atoms with E-state index in [4.69, 9.17) is 24.1 Å². The minimum absolute atomic E-state index is 0.0245. The standard InChI is InChI=1S/C39H55N9O6/c1-10-47-31-16-15-26(20-28(31)29(22-39(5,6)23-53-45-51)35(47)27-14-13-17-40-33(27)25(4)52-9)37-43-32(44-54-37)21-30(38(50)48-19-12-11-18-41-48)42-36(49)34(24(2)3)46(7)8/h13-17,20,24-25,30,34,41H,10-12,18-19,21-23H2,1-9H3,(H,42,49). The number of ether oxygens (including phenoxy) is 1. The normalized spacial score (nSPS) is 15.4. The topological polar surface area (TPSA) is 169 Å². The van der Waals surface area contributed by atoms with Crippen LogP contribution in [0.15, 0.2) is 46.4 Å². The zero-order chi connectivity index (χ0) is 39.2. The molecule has 54 heavy (non-hydrogen) atoms. The summed E-state index contributed by atoms with van der Waals surface area (Å²) in [6.07, 6.45) is 3.95. The number of aryl methyl sites for hydroxylation is 1. The van der Waals surface area contributed by atoms with Crippen LogP contribution in [0.2, 0.25) is 0 Å². The van der Waals surface area contributed by atoms with Gasteiger partial charge in [0, 0.05) is 66.8 Å². The number of likely N-dealkylation sites (N-methyl/N-ethyl adjacent to an activating group) is 1. The average molecular weight is 746 g/mol. The van der Waals surface area contributed by atoms with Crippen molar-refractivity contribution in [1.29, 1.82) is 0 Å². The molecule has 15 heteroatoms. The summed E-state index contributed by atoms with van der Waals surface area (Å²) in [4.78, 5) is 54.7. The largest absolute Gasteiger partial charge is 0.375 e. The summed E-state index contributed by atoms with van der Waals surface area (Å²) in [7, 11) is 5.37. The molecule has 0 saturated carbocycles. The number of carbonyl (C=O) groups is 2. The third kappa shape index (κ3) is 8.96. The number of hydrogen-bond donors (Lipinski definition) is 2. The molecule has 0 bridgehead atoms. The van der Waals surface area contributed by atoms with Gasteiger partial charge < -0.3 is 24.0 Å². The van der Waals surface area contributed by atoms with Crippen molar-refractivity contribution in [1.82, 2.24) is 40.3 Å². The first-order chi connectivity index (χ1) is 25.8. The van der Waals surface area contributed by atoms with Gasteiger partial charge in [-0.15, -0.1) is 4.91 Å². The van der Waals surface area contributed by atoms with Crippen LogP contribution in [0, 0.1) is 16.2 Å². The molecule has 3 atom stereocenters. The van der Waals surface area contributed by atoms with E-state index in [-0.39, 0.29) is 42.8 Å². The van der Waals surface area contributed by atoms with E-state index in [2.05, 4.69) is 38.8 Å². The van der Waals surface area contributed by atoms with Gasteiger partial charge in [0.05, 0.1) is 23.5 Å². The van der Waals surface area contributed by atoms with Crippen LogP contribution in [0.3, 0.4) is 0 Å². The van der Waals surface area contributed by atoms with Crippen molar-refractivity contribution >= 4 is 22.7 Å². The van der Waals surface area contributed by atoms with Crippen LogP contribution < -0.4 is 10.7 Å². The Kier molecular flexibility index (Phi) is 13.2. The number of aromatic nitrogens is 4. The molecule has 4 aromatic rings. The summed E-state index contributed by atoms with van der Waals surface area (Å²) in [6, 6.07) is 8.67. The van der Waals surface area contributed by atoms with Gasteiger partial charge in [0.2, 0.25) is 5.91 Å². The summed E-state index contributed by atoms with van der Waals surface area (Å²) >= 11 is 0. The van der Waals surface area contributed by atoms with Gasteiger partial charge in [-0.05, 0) is 89.0 Å². The Morgan fingerprint density at radius 3 is 2.59 bits per heavy atom. The molecular formula is C39H55N9O6. The third-order valence-corrected chi connectivity index (χ3v) is 10.0. The van der Waals surface area contributed by atoms with E-state index < -0.39 is 17.5 Å². The first-order valence-electron chi connectivity index (χ1n) is 18.7. The smallest absolute Gasteiger partial charge is 0.259 e. The second-order valence-corrected chi connectivity index (χ2v) is 15.3. The molecule has 0 aliphatic carbocycles. The van der Waals surface area contributed by atoms with Crippen molar-refractivity contribution in [2.24, 2.45) is 16.7 Å². The highest BCUT2D eigenvalue weighted by Crippen LogP contribution is 2.41. The predicted octanol–water partition coefficient (Wildman–Crippen LogP) is 5.49. The molecular weight excluding hydrogens is 690 g/mol. The lowest BCUT2D eigenvalue weighted by molar-refractivity contribution is -0.141. The molecule has 1 aliphatic rings. The van der Waals surface area contributed by atoms with E-state index in [0.29, 0.717) is 37.4 Å². The van der Waals surface area contributed by atoms with Crippen molar-refractivity contribution in [3.05, 3.63) is 58.5 Å². The molecule has 0 radical (unpaired) electrons. The summed E-state index contributed by atoms with van der Waals surface area (Å²) in [5.74, 6) is 0.123. The van der Waals surface area contributed by atoms with Crippen molar-refractivity contribution in [2.45, 2.75) is 92.0 Å². The van der Waals surface area contributed by atoms with E-state index >= 15 is 0 Å². The van der Waals surface area contributed by atoms with E-state index in [1.54, 1.807) is 18.3 Å². The minimum atomic E-state index is -0.904. The molecule has 1 aromatic carbocycles. The SMILES string of the molecule is CCn1c(-c2cccnc2C(C)OC)c(CC(C)(C)CON=O)c2cc(-c3nc(CC(NC(=O)C(C(C)C)N(C)C)C(=O)N4CCCCN4)no3)ccc21. The quantitative estimate of drug-likeness (QED) is 0.104. The van der Waals surface area contributed by atoms with E-state index in [9.17, 15) is 14.5 Å². The lowest BCUT2D eigenvalue weighted by Crippen LogP contribution is -2.58. The second-order valence-electron chi connectivity index (χ2n) is 15.3. The lowest BCUT2D eigenvalue weighted by atomic mass is 9.84. The van der Waals surface area contributed by atoms with Crippen molar-refractivity contribution in [3.63, 3.8) is 0 Å². The molecule has 2 amide bonds. The number of pyridine rings is 1. The van der Waals surface area contributed by atoms with Crippen molar-refractivity contribution in [3.8, 4) is 22.7 Å². The molecule has 1 fully saturated rings. The Bertz CT molecular complexity index is 1910. The number of fused-ring (bicyclic) bond motifs is 1. The summed E-state index contributed by atoms with van der Waals surface area (Å²) in [5.41, 5.74) is 8.18. The lowest BCUT2D eigenvalue weighted by Gasteiger charge is -2.33. The fourth-order valence-electron chi connectivity index (χ4n) is 7.45. The first kappa shape index (κ1) is 40.5. The number of nitrogens with zero attached hydrogens (tertiary/aromatic N) is 7. The Morgan fingerprint density at radius 2 is 1.94 bits per heavy atom. The number of hydrazine groups is 1. The summed E-state index contributed by atoms with van der Waals surface area (Å²) in [6.45, 7) is 14.1. The van der Waals surface area contributed by atoms with Gasteiger partial charge in [-0.25, -0.2) is 5.43 Å². The number of methoxy groups -OCH3 is 1. The molecule has 3 aromatic heterocycles. The Morgan fingerprint density at radius 1 is 1.17 bits per heavy atom. The van der Waals surface area contributed by atoms with Gasteiger partial charge in [0.25, 0.3) is 11.8 Å². The number of benzene rings is 1. The van der Waals surface area contributed by atoms with Crippen LogP contribution in [0.4, 0.5) is 0 Å². The zero-order valence-electron chi connectivity index (χ0n) is 33.0. The Hall–Kier alpha value is -4.73. The number of hydrogen-bond acceptors (Lipinski definition) is 12. The molecule has 2 N–H and O–H groups in total. The fraction of sp³-hybridized carbons (Fsp3) is 0.564. The molecule has 0 spiro atoms. The van der Waals surface area contributed by atoms with Gasteiger partial charge in [-0.3, -0.25) is 24.5 Å². The van der Waals surface area contributed by atoms with Crippen LogP contribution in [0.25, 0.3) is 33.6 Å². The van der Waals surface area contributed by atoms with Gasteiger partial charge in [0.1, 0.15) is 12.6 Å². The van der Waals surface area contributed by atoms with Crippen LogP contribution >= 0.6 is 0 Å². The maximum Gasteiger partial charge on any atom is 0.259 e. The molecule has 5 rings (SSSR count). The average Bonchev–Trinajstić information content (AvgIpc) is 3.74. The second kappa shape index (κ2) is 17.6. The molecule has 1 saturated heterocycles. The van der Waals surface area contributed by atoms with Crippen LogP contribution in [0.1, 0.15) is 77.6 Å². The maximum absolute atomic E-state index is 13.8. The number of carbonyl (C=O) groups excluding carboxylic acids is 2. The van der Waals surface area contributed by atoms with Crippen molar-refractivity contribution < 1.29 is 23.7 Å². The van der Waals surface area contributed by atoms with Crippen LogP contribution in [-0.2, 0) is 38.5 Å². The number of nitrogens with one attached hydrogen (secondary N) is 2. The maximum atomic E-state index is 13.8. The molecule has 15 nitrogen and oxygen atoms in total. The molecule has 4 heterocycles. The molecule has 3 unspecified atom stereocenters. The van der Waals surface area contributed by atoms with Gasteiger partial charge in [0.15, 0.2) is 11.2 Å². The summed E-state index contributed by atoms with van der Waals surface area (Å²) < 4.78 is 13.8. The number of rotatable bonds is 17. The van der Waals surface area contributed by atoms with E-state index in [0.717, 1.165) is 46.3 Å². The van der Waals surface area contributed by atoms with Crippen LogP contribution in [0.5, 0.6) is 0 Å². The number of amides is 2. The molecule has 292 valence electrons. The summed E-state index contributed by atoms with van der Waals surface area (Å²) in [5, 5.41) is 12.5. The van der Waals surface area contributed by atoms with Gasteiger partial charge in [-0.1, -0.05) is 32.9 Å². The first-order valence-corrected chi connectivity index (χ1v) is 18.7. The highest BCUT2D eigenvalue weighted by atomic mass is 16.7. The minimum Gasteiger partial charge on any atom is -0.375 e. The Balaban J connectivity index is 1.56. The van der Waals surface area contributed by atoms with Gasteiger partial charge in [-0.2, -0.15) is 4.98 Å². The highest BCUT2D eigenvalue weighted by Gasteiger charge is 2.34.